The molecule has 0 aromatic rings. The standard InChI is InChI=1S/C8H21NS2/c1-5-6-7-8-9-10-11(2,3)4/h9H,5-8H2,1-4H3. The fraction of sp³-hybridized carbons (Fsp3) is 1.00. The van der Waals surface area contributed by atoms with Gasteiger partial charge in [-0.3, -0.25) is 4.72 Å². The first-order valence-corrected chi connectivity index (χ1v) is 8.35. The largest absolute Gasteiger partial charge is 0.256 e. The van der Waals surface area contributed by atoms with Crippen LogP contribution in [0, 0.1) is 0 Å². The third-order valence-corrected chi connectivity index (χ3v) is 3.87. The number of unbranched alkanes of at least 4 members (excludes halogenated alkanes) is 2. The summed E-state index contributed by atoms with van der Waals surface area (Å²) >= 11 is 0. The van der Waals surface area contributed by atoms with Crippen LogP contribution >= 0.6 is 20.0 Å². The first kappa shape index (κ1) is 11.7. The van der Waals surface area contributed by atoms with E-state index in [1.54, 1.807) is 0 Å². The molecule has 0 aliphatic carbocycles. The Hall–Kier alpha value is 0.660. The summed E-state index contributed by atoms with van der Waals surface area (Å²) in [6.45, 7) is 3.41. The van der Waals surface area contributed by atoms with E-state index in [9.17, 15) is 0 Å². The van der Waals surface area contributed by atoms with E-state index in [0.29, 0.717) is 0 Å². The smallest absolute Gasteiger partial charge is 0.00658 e. The second kappa shape index (κ2) is 6.21. The summed E-state index contributed by atoms with van der Waals surface area (Å²) in [5.41, 5.74) is 0. The third-order valence-electron chi connectivity index (χ3n) is 1.19. The van der Waals surface area contributed by atoms with Crippen LogP contribution in [0.25, 0.3) is 0 Å². The van der Waals surface area contributed by atoms with Gasteiger partial charge in [-0.25, -0.2) is 0 Å². The third kappa shape index (κ3) is 10.7. The van der Waals surface area contributed by atoms with Crippen LogP contribution in [0.1, 0.15) is 26.2 Å². The van der Waals surface area contributed by atoms with Crippen molar-refractivity contribution in [2.24, 2.45) is 0 Å². The first-order chi connectivity index (χ1) is 5.06. The SMILES string of the molecule is CCCCCNSS(C)(C)C. The van der Waals surface area contributed by atoms with E-state index in [1.807, 2.05) is 11.0 Å². The Morgan fingerprint density at radius 2 is 1.82 bits per heavy atom. The van der Waals surface area contributed by atoms with Crippen LogP contribution in [-0.4, -0.2) is 25.3 Å². The molecule has 0 atom stereocenters. The van der Waals surface area contributed by atoms with E-state index >= 15 is 0 Å². The molecule has 0 bridgehead atoms. The number of rotatable bonds is 6. The zero-order valence-corrected chi connectivity index (χ0v) is 9.78. The molecule has 0 radical (unpaired) electrons. The Labute approximate surface area is 76.6 Å². The number of nitrogens with one attached hydrogen (secondary N) is 1. The van der Waals surface area contributed by atoms with Crippen molar-refractivity contribution >= 4 is 20.0 Å². The van der Waals surface area contributed by atoms with Gasteiger partial charge in [0.2, 0.25) is 0 Å². The van der Waals surface area contributed by atoms with Crippen LogP contribution in [0.15, 0.2) is 0 Å². The zero-order valence-electron chi connectivity index (χ0n) is 8.14. The van der Waals surface area contributed by atoms with Gasteiger partial charge in [0.1, 0.15) is 0 Å². The van der Waals surface area contributed by atoms with E-state index in [-0.39, 0.29) is 0 Å². The summed E-state index contributed by atoms with van der Waals surface area (Å²) in [6.07, 6.45) is 10.9. The predicted octanol–water partition coefficient (Wildman–Crippen LogP) is 3.02. The molecule has 0 spiro atoms. The molecular formula is C8H21NS2. The minimum absolute atomic E-state index is 0.406. The fourth-order valence-electron chi connectivity index (χ4n) is 0.666. The lowest BCUT2D eigenvalue weighted by molar-refractivity contribution is 0.710. The van der Waals surface area contributed by atoms with Crippen molar-refractivity contribution in [2.75, 3.05) is 25.3 Å². The second-order valence-electron chi connectivity index (χ2n) is 3.41. The lowest BCUT2D eigenvalue weighted by atomic mass is 10.3. The molecule has 0 amide bonds. The molecule has 0 heterocycles. The van der Waals surface area contributed by atoms with Gasteiger partial charge < -0.3 is 0 Å². The highest BCUT2D eigenvalue weighted by Crippen LogP contribution is 2.47. The highest BCUT2D eigenvalue weighted by atomic mass is 33.2. The van der Waals surface area contributed by atoms with Gasteiger partial charge in [-0.05, 0) is 36.2 Å². The van der Waals surface area contributed by atoms with Gasteiger partial charge in [0.25, 0.3) is 0 Å². The Balaban J connectivity index is 3.02. The molecule has 0 aromatic carbocycles. The Morgan fingerprint density at radius 3 is 2.27 bits per heavy atom. The maximum Gasteiger partial charge on any atom is 0.00658 e. The predicted molar refractivity (Wildman–Crippen MR) is 60.5 cm³/mol. The van der Waals surface area contributed by atoms with Crippen molar-refractivity contribution in [3.8, 4) is 0 Å². The maximum absolute atomic E-state index is 3.41. The van der Waals surface area contributed by atoms with Crippen LogP contribution in [0.4, 0.5) is 0 Å². The van der Waals surface area contributed by atoms with Crippen LogP contribution < -0.4 is 4.72 Å². The van der Waals surface area contributed by atoms with Crippen molar-refractivity contribution in [1.82, 2.24) is 4.72 Å². The molecule has 0 aliphatic heterocycles. The molecule has 0 aromatic heterocycles. The topological polar surface area (TPSA) is 12.0 Å². The van der Waals surface area contributed by atoms with E-state index < -0.39 is 9.06 Å². The molecule has 3 heteroatoms. The molecule has 0 fully saturated rings. The Kier molecular flexibility index (Phi) is 6.58. The van der Waals surface area contributed by atoms with Gasteiger partial charge in [-0.2, -0.15) is 9.06 Å². The van der Waals surface area contributed by atoms with Crippen molar-refractivity contribution in [1.29, 1.82) is 0 Å². The van der Waals surface area contributed by atoms with Crippen molar-refractivity contribution in [3.05, 3.63) is 0 Å². The minimum atomic E-state index is -0.406. The van der Waals surface area contributed by atoms with E-state index in [2.05, 4.69) is 30.4 Å². The number of hydrogen-bond donors (Lipinski definition) is 1. The van der Waals surface area contributed by atoms with Gasteiger partial charge >= 0.3 is 0 Å². The molecule has 1 N–H and O–H groups in total. The summed E-state index contributed by atoms with van der Waals surface area (Å²) in [5, 5.41) is 0. The summed E-state index contributed by atoms with van der Waals surface area (Å²) in [7, 11) is 1.51. The second-order valence-corrected chi connectivity index (χ2v) is 10.8. The van der Waals surface area contributed by atoms with Gasteiger partial charge in [-0.1, -0.05) is 19.8 Å². The van der Waals surface area contributed by atoms with Crippen molar-refractivity contribution in [2.45, 2.75) is 26.2 Å². The van der Waals surface area contributed by atoms with Crippen LogP contribution in [0.2, 0.25) is 0 Å². The normalized spacial score (nSPS) is 13.5. The van der Waals surface area contributed by atoms with Crippen molar-refractivity contribution < 1.29 is 0 Å². The molecular weight excluding hydrogens is 174 g/mol. The summed E-state index contributed by atoms with van der Waals surface area (Å²) in [6, 6.07) is 0. The quantitative estimate of drug-likeness (QED) is 0.397. The average molecular weight is 195 g/mol. The van der Waals surface area contributed by atoms with E-state index in [1.165, 1.54) is 25.8 Å². The van der Waals surface area contributed by atoms with Gasteiger partial charge in [0.05, 0.1) is 0 Å². The minimum Gasteiger partial charge on any atom is -0.256 e. The molecule has 11 heavy (non-hydrogen) atoms. The summed E-state index contributed by atoms with van der Waals surface area (Å²) < 4.78 is 3.41. The number of hydrogen-bond acceptors (Lipinski definition) is 2. The highest BCUT2D eigenvalue weighted by Gasteiger charge is 2.02. The lowest BCUT2D eigenvalue weighted by Gasteiger charge is -2.23. The molecule has 0 aliphatic rings. The molecule has 1 nitrogen and oxygen atoms in total. The van der Waals surface area contributed by atoms with Gasteiger partial charge in [-0.15, -0.1) is 0 Å². The Bertz CT molecular complexity index is 88.6. The molecule has 0 saturated heterocycles. The van der Waals surface area contributed by atoms with Crippen molar-refractivity contribution in [3.63, 3.8) is 0 Å². The van der Waals surface area contributed by atoms with Crippen LogP contribution in [0.5, 0.6) is 0 Å². The average Bonchev–Trinajstić information content (AvgIpc) is 1.85. The molecule has 0 rings (SSSR count). The maximum atomic E-state index is 3.41. The van der Waals surface area contributed by atoms with Gasteiger partial charge in [0.15, 0.2) is 0 Å². The monoisotopic (exact) mass is 195 g/mol. The highest BCUT2D eigenvalue weighted by molar-refractivity contribution is 8.92. The summed E-state index contributed by atoms with van der Waals surface area (Å²) in [5.74, 6) is 0. The zero-order chi connectivity index (χ0) is 8.74. The molecule has 0 saturated carbocycles. The Morgan fingerprint density at radius 1 is 1.18 bits per heavy atom. The summed E-state index contributed by atoms with van der Waals surface area (Å²) in [4.78, 5) is 0. The lowest BCUT2D eigenvalue weighted by Crippen LogP contribution is -2.07. The molecule has 0 unspecified atom stereocenters. The van der Waals surface area contributed by atoms with Crippen LogP contribution in [-0.2, 0) is 0 Å². The van der Waals surface area contributed by atoms with Gasteiger partial charge in [0, 0.05) is 6.54 Å². The van der Waals surface area contributed by atoms with E-state index in [4.69, 9.17) is 0 Å². The van der Waals surface area contributed by atoms with E-state index in [0.717, 1.165) is 0 Å². The fourth-order valence-corrected chi connectivity index (χ4v) is 2.56. The molecule has 70 valence electrons. The first-order valence-electron chi connectivity index (χ1n) is 4.16. The van der Waals surface area contributed by atoms with Crippen LogP contribution in [0.3, 0.4) is 0 Å².